The van der Waals surface area contributed by atoms with Crippen molar-refractivity contribution >= 4 is 12.0 Å². The van der Waals surface area contributed by atoms with E-state index >= 15 is 0 Å². The van der Waals surface area contributed by atoms with Crippen molar-refractivity contribution in [3.05, 3.63) is 35.4 Å². The molecule has 1 aromatic rings. The number of carbonyl (C=O) groups is 2. The molecule has 0 radical (unpaired) electrons. The zero-order chi connectivity index (χ0) is 19.8. The van der Waals surface area contributed by atoms with E-state index in [9.17, 15) is 18.4 Å². The van der Waals surface area contributed by atoms with E-state index in [1.165, 1.54) is 0 Å². The largest absolute Gasteiger partial charge is 0.444 e. The smallest absolute Gasteiger partial charge is 0.410 e. The summed E-state index contributed by atoms with van der Waals surface area (Å²) in [6, 6.07) is 3.29. The van der Waals surface area contributed by atoms with Gasteiger partial charge in [0.1, 0.15) is 17.2 Å². The fraction of sp³-hybridized carbons (Fsp3) is 0.600. The van der Waals surface area contributed by atoms with Crippen LogP contribution in [0.5, 0.6) is 0 Å². The molecule has 0 atom stereocenters. The van der Waals surface area contributed by atoms with Crippen LogP contribution in [0.15, 0.2) is 18.2 Å². The Labute approximate surface area is 158 Å². The van der Waals surface area contributed by atoms with Crippen molar-refractivity contribution in [2.24, 2.45) is 5.41 Å². The summed E-state index contributed by atoms with van der Waals surface area (Å²) in [4.78, 5) is 28.4. The van der Waals surface area contributed by atoms with Gasteiger partial charge in [-0.3, -0.25) is 4.79 Å². The van der Waals surface area contributed by atoms with Crippen molar-refractivity contribution < 1.29 is 23.1 Å². The SMILES string of the molecule is CC(C)(C)OC(=O)N1CCC2(CC1)CCN(Cc1cc(F)ccc1F)C2=O. The molecule has 3 rings (SSSR count). The lowest BCUT2D eigenvalue weighted by atomic mass is 9.77. The number of hydrogen-bond donors (Lipinski definition) is 0. The quantitative estimate of drug-likeness (QED) is 0.786. The summed E-state index contributed by atoms with van der Waals surface area (Å²) in [5.74, 6) is -1.06. The highest BCUT2D eigenvalue weighted by Crippen LogP contribution is 2.42. The van der Waals surface area contributed by atoms with E-state index in [4.69, 9.17) is 4.74 Å². The molecule has 5 nitrogen and oxygen atoms in total. The second-order valence-electron chi connectivity index (χ2n) is 8.46. The first-order valence-corrected chi connectivity index (χ1v) is 9.31. The van der Waals surface area contributed by atoms with E-state index in [2.05, 4.69) is 0 Å². The minimum Gasteiger partial charge on any atom is -0.444 e. The fourth-order valence-corrected chi connectivity index (χ4v) is 3.82. The van der Waals surface area contributed by atoms with E-state index in [0.29, 0.717) is 38.9 Å². The molecule has 2 fully saturated rings. The molecule has 2 heterocycles. The van der Waals surface area contributed by atoms with Crippen molar-refractivity contribution in [2.75, 3.05) is 19.6 Å². The zero-order valence-corrected chi connectivity index (χ0v) is 16.1. The Morgan fingerprint density at radius 2 is 1.78 bits per heavy atom. The van der Waals surface area contributed by atoms with Gasteiger partial charge in [-0.25, -0.2) is 13.6 Å². The van der Waals surface area contributed by atoms with Gasteiger partial charge in [-0.1, -0.05) is 0 Å². The molecular formula is C20H26F2N2O3. The second kappa shape index (κ2) is 7.09. The van der Waals surface area contributed by atoms with Crippen LogP contribution in [0.1, 0.15) is 45.6 Å². The number of ether oxygens (including phenoxy) is 1. The number of rotatable bonds is 2. The summed E-state index contributed by atoms with van der Waals surface area (Å²) in [6.07, 6.45) is 1.44. The van der Waals surface area contributed by atoms with Crippen LogP contribution < -0.4 is 0 Å². The van der Waals surface area contributed by atoms with Gasteiger partial charge in [0.05, 0.1) is 5.41 Å². The standard InChI is InChI=1S/C20H26F2N2O3/c1-19(2,3)27-18(26)23-9-6-20(7-10-23)8-11-24(17(20)25)13-14-12-15(21)4-5-16(14)22/h4-5,12H,6-11,13H2,1-3H3. The Hall–Kier alpha value is -2.18. The molecule has 2 aliphatic rings. The monoisotopic (exact) mass is 380 g/mol. The second-order valence-corrected chi connectivity index (χ2v) is 8.46. The Balaban J connectivity index is 1.62. The maximum Gasteiger partial charge on any atom is 0.410 e. The molecule has 2 saturated heterocycles. The van der Waals surface area contributed by atoms with Crippen molar-refractivity contribution in [2.45, 2.75) is 52.2 Å². The molecule has 1 spiro atoms. The molecule has 0 aliphatic carbocycles. The summed E-state index contributed by atoms with van der Waals surface area (Å²) >= 11 is 0. The summed E-state index contributed by atoms with van der Waals surface area (Å²) in [6.45, 7) is 6.97. The number of halogens is 2. The first kappa shape index (κ1) is 19.6. The first-order valence-electron chi connectivity index (χ1n) is 9.31. The number of hydrogen-bond acceptors (Lipinski definition) is 3. The van der Waals surface area contributed by atoms with Gasteiger partial charge in [0.15, 0.2) is 0 Å². The number of piperidine rings is 1. The highest BCUT2D eigenvalue weighted by atomic mass is 19.1. The average Bonchev–Trinajstić information content (AvgIpc) is 2.87. The Morgan fingerprint density at radius 1 is 1.15 bits per heavy atom. The third-order valence-electron chi connectivity index (χ3n) is 5.34. The zero-order valence-electron chi connectivity index (χ0n) is 16.1. The molecule has 0 saturated carbocycles. The summed E-state index contributed by atoms with van der Waals surface area (Å²) in [5.41, 5.74) is -0.879. The normalized spacial score (nSPS) is 19.7. The van der Waals surface area contributed by atoms with Gasteiger partial charge in [-0.05, 0) is 58.2 Å². The number of nitrogens with zero attached hydrogens (tertiary/aromatic N) is 2. The van der Waals surface area contributed by atoms with Crippen LogP contribution in [0.3, 0.4) is 0 Å². The topological polar surface area (TPSA) is 49.9 Å². The maximum absolute atomic E-state index is 13.9. The first-order chi connectivity index (χ1) is 12.6. The highest BCUT2D eigenvalue weighted by Gasteiger charge is 2.48. The van der Waals surface area contributed by atoms with Gasteiger partial charge in [0.25, 0.3) is 0 Å². The van der Waals surface area contributed by atoms with Crippen molar-refractivity contribution in [3.8, 4) is 0 Å². The number of amides is 2. The predicted molar refractivity (Wildman–Crippen MR) is 95.9 cm³/mol. The predicted octanol–water partition coefficient (Wildman–Crippen LogP) is 3.71. The molecule has 7 heteroatoms. The van der Waals surface area contributed by atoms with Gasteiger partial charge in [-0.2, -0.15) is 0 Å². The van der Waals surface area contributed by atoms with Gasteiger partial charge >= 0.3 is 6.09 Å². The fourth-order valence-electron chi connectivity index (χ4n) is 3.82. The van der Waals surface area contributed by atoms with Crippen LogP contribution in [0, 0.1) is 17.0 Å². The van der Waals surface area contributed by atoms with Gasteiger partial charge in [-0.15, -0.1) is 0 Å². The third-order valence-corrected chi connectivity index (χ3v) is 5.34. The molecular weight excluding hydrogens is 354 g/mol. The van der Waals surface area contributed by atoms with Crippen LogP contribution in [0.25, 0.3) is 0 Å². The van der Waals surface area contributed by atoms with E-state index in [1.807, 2.05) is 20.8 Å². The molecule has 0 aromatic heterocycles. The van der Waals surface area contributed by atoms with Gasteiger partial charge in [0.2, 0.25) is 5.91 Å². The minimum absolute atomic E-state index is 0.0324. The molecule has 2 amide bonds. The summed E-state index contributed by atoms with van der Waals surface area (Å²) < 4.78 is 32.7. The molecule has 1 aromatic carbocycles. The van der Waals surface area contributed by atoms with E-state index in [0.717, 1.165) is 18.2 Å². The molecule has 2 aliphatic heterocycles. The summed E-state index contributed by atoms with van der Waals surface area (Å²) in [5, 5.41) is 0. The van der Waals surface area contributed by atoms with Crippen molar-refractivity contribution in [3.63, 3.8) is 0 Å². The average molecular weight is 380 g/mol. The van der Waals surface area contributed by atoms with Crippen LogP contribution >= 0.6 is 0 Å². The lowest BCUT2D eigenvalue weighted by molar-refractivity contribution is -0.138. The third kappa shape index (κ3) is 4.22. The molecule has 0 N–H and O–H groups in total. The Kier molecular flexibility index (Phi) is 5.14. The Bertz CT molecular complexity index is 737. The van der Waals surface area contributed by atoms with Gasteiger partial charge in [0, 0.05) is 31.7 Å². The Morgan fingerprint density at radius 3 is 2.41 bits per heavy atom. The van der Waals surface area contributed by atoms with E-state index in [-0.39, 0.29) is 24.1 Å². The van der Waals surface area contributed by atoms with Crippen LogP contribution in [-0.2, 0) is 16.1 Å². The molecule has 27 heavy (non-hydrogen) atoms. The number of carbonyl (C=O) groups excluding carboxylic acids is 2. The number of benzene rings is 1. The number of likely N-dealkylation sites (tertiary alicyclic amines) is 2. The van der Waals surface area contributed by atoms with Crippen LogP contribution in [-0.4, -0.2) is 47.0 Å². The summed E-state index contributed by atoms with van der Waals surface area (Å²) in [7, 11) is 0. The van der Waals surface area contributed by atoms with Crippen LogP contribution in [0.2, 0.25) is 0 Å². The lowest BCUT2D eigenvalue weighted by Gasteiger charge is -2.38. The maximum atomic E-state index is 13.9. The highest BCUT2D eigenvalue weighted by molar-refractivity contribution is 5.85. The van der Waals surface area contributed by atoms with Crippen LogP contribution in [0.4, 0.5) is 13.6 Å². The van der Waals surface area contributed by atoms with Crippen molar-refractivity contribution in [1.29, 1.82) is 0 Å². The molecule has 0 unspecified atom stereocenters. The van der Waals surface area contributed by atoms with E-state index < -0.39 is 22.7 Å². The van der Waals surface area contributed by atoms with E-state index in [1.54, 1.807) is 9.80 Å². The molecule has 148 valence electrons. The minimum atomic E-state index is -0.554. The lowest BCUT2D eigenvalue weighted by Crippen LogP contribution is -2.47. The van der Waals surface area contributed by atoms with Gasteiger partial charge < -0.3 is 14.5 Å². The molecule has 0 bridgehead atoms. The van der Waals surface area contributed by atoms with Crippen molar-refractivity contribution in [1.82, 2.24) is 9.80 Å².